The van der Waals surface area contributed by atoms with Crippen LogP contribution in [0.2, 0.25) is 5.02 Å². The average molecular weight is 553 g/mol. The van der Waals surface area contributed by atoms with Crippen LogP contribution in [0.15, 0.2) is 70.9 Å². The summed E-state index contributed by atoms with van der Waals surface area (Å²) in [6, 6.07) is 18.7. The van der Waals surface area contributed by atoms with E-state index in [1.807, 2.05) is 53.1 Å². The lowest BCUT2D eigenvalue weighted by Crippen LogP contribution is -2.20. The maximum Gasteiger partial charge on any atom is 0.308 e. The van der Waals surface area contributed by atoms with Gasteiger partial charge in [-0.3, -0.25) is 9.59 Å². The van der Waals surface area contributed by atoms with Crippen LogP contribution in [0.3, 0.4) is 0 Å². The molecule has 0 aliphatic rings. The van der Waals surface area contributed by atoms with E-state index in [0.29, 0.717) is 33.8 Å². The molecule has 0 atom stereocenters. The number of halogens is 1. The maximum absolute atomic E-state index is 12.6. The molecule has 0 spiro atoms. The smallest absolute Gasteiger partial charge is 0.308 e. The Bertz CT molecular complexity index is 1480. The minimum absolute atomic E-state index is 0.0984. The number of esters is 1. The van der Waals surface area contributed by atoms with Crippen LogP contribution in [0.1, 0.15) is 18.1 Å². The molecular weight excluding hydrogens is 528 g/mol. The quantitative estimate of drug-likeness (QED) is 0.0978. The Hall–Kier alpha value is -4.02. The van der Waals surface area contributed by atoms with E-state index in [1.54, 1.807) is 12.1 Å². The molecule has 0 saturated carbocycles. The number of nitrogens with one attached hydrogen (secondary N) is 1. The molecule has 0 aliphatic heterocycles. The molecule has 196 valence electrons. The van der Waals surface area contributed by atoms with Gasteiger partial charge in [-0.25, -0.2) is 10.4 Å². The Balaban J connectivity index is 1.45. The highest BCUT2D eigenvalue weighted by atomic mass is 35.5. The Labute approximate surface area is 228 Å². The fraction of sp³-hybridized carbons (Fsp3) is 0.185. The van der Waals surface area contributed by atoms with Gasteiger partial charge in [-0.15, -0.1) is 0 Å². The molecule has 0 unspecified atom stereocenters. The summed E-state index contributed by atoms with van der Waals surface area (Å²) in [5.41, 5.74) is 5.84. The van der Waals surface area contributed by atoms with Crippen molar-refractivity contribution in [2.24, 2.45) is 5.10 Å². The number of carbonyl (C=O) groups is 2. The number of hydrazone groups is 1. The van der Waals surface area contributed by atoms with Crippen LogP contribution in [-0.4, -0.2) is 47.6 Å². The van der Waals surface area contributed by atoms with Crippen LogP contribution >= 0.6 is 23.4 Å². The first kappa shape index (κ1) is 27.0. The van der Waals surface area contributed by atoms with E-state index in [1.165, 1.54) is 39.1 Å². The van der Waals surface area contributed by atoms with E-state index in [-0.39, 0.29) is 17.4 Å². The largest absolute Gasteiger partial charge is 0.493 e. The number of imidazole rings is 1. The molecule has 0 radical (unpaired) electrons. The van der Waals surface area contributed by atoms with Crippen molar-refractivity contribution in [1.29, 1.82) is 0 Å². The number of hydrogen-bond acceptors (Lipinski definition) is 8. The predicted octanol–water partition coefficient (Wildman–Crippen LogP) is 4.92. The fourth-order valence-corrected chi connectivity index (χ4v) is 4.68. The number of aromatic nitrogens is 2. The standard InChI is InChI=1S/C27H25ClN4O5S/c1-17(33)37-26-23(35-2)12-18(13-24(26)36-3)14-29-31-25(34)16-38-27-30-21-10-6-7-11-22(21)32(27)15-19-8-4-5-9-20(19)28/h4-14H,15-16H2,1-3H3,(H,31,34)/b29-14-. The van der Waals surface area contributed by atoms with Crippen LogP contribution in [0.4, 0.5) is 0 Å². The highest BCUT2D eigenvalue weighted by Crippen LogP contribution is 2.38. The third-order valence-corrected chi connectivity index (χ3v) is 6.71. The lowest BCUT2D eigenvalue weighted by molar-refractivity contribution is -0.132. The van der Waals surface area contributed by atoms with Gasteiger partial charge in [-0.1, -0.05) is 53.7 Å². The van der Waals surface area contributed by atoms with Gasteiger partial charge in [0, 0.05) is 17.5 Å². The van der Waals surface area contributed by atoms with Gasteiger partial charge in [0.05, 0.1) is 43.8 Å². The summed E-state index contributed by atoms with van der Waals surface area (Å²) in [4.78, 5) is 28.7. The van der Waals surface area contributed by atoms with Gasteiger partial charge in [0.2, 0.25) is 5.75 Å². The monoisotopic (exact) mass is 552 g/mol. The molecule has 38 heavy (non-hydrogen) atoms. The molecule has 9 nitrogen and oxygen atoms in total. The average Bonchev–Trinajstić information content (AvgIpc) is 3.26. The summed E-state index contributed by atoms with van der Waals surface area (Å²) >= 11 is 7.70. The first-order chi connectivity index (χ1) is 18.4. The molecule has 1 heterocycles. The summed E-state index contributed by atoms with van der Waals surface area (Å²) < 4.78 is 17.8. The van der Waals surface area contributed by atoms with Crippen molar-refractivity contribution in [3.63, 3.8) is 0 Å². The summed E-state index contributed by atoms with van der Waals surface area (Å²) in [5.74, 6) is 0.0351. The van der Waals surface area contributed by atoms with Crippen molar-refractivity contribution in [2.45, 2.75) is 18.6 Å². The highest BCUT2D eigenvalue weighted by Gasteiger charge is 2.16. The first-order valence-corrected chi connectivity index (χ1v) is 12.8. The van der Waals surface area contributed by atoms with Gasteiger partial charge in [0.15, 0.2) is 16.7 Å². The molecule has 0 bridgehead atoms. The van der Waals surface area contributed by atoms with Gasteiger partial charge >= 0.3 is 5.97 Å². The van der Waals surface area contributed by atoms with Gasteiger partial charge in [-0.05, 0) is 35.9 Å². The van der Waals surface area contributed by atoms with Crippen LogP contribution in [0, 0.1) is 0 Å². The molecule has 1 aromatic heterocycles. The lowest BCUT2D eigenvalue weighted by atomic mass is 10.2. The van der Waals surface area contributed by atoms with Gasteiger partial charge in [0.1, 0.15) is 0 Å². The van der Waals surface area contributed by atoms with Crippen LogP contribution < -0.4 is 19.6 Å². The van der Waals surface area contributed by atoms with Gasteiger partial charge in [-0.2, -0.15) is 5.10 Å². The molecule has 11 heteroatoms. The zero-order valence-electron chi connectivity index (χ0n) is 20.9. The molecule has 4 aromatic rings. The predicted molar refractivity (Wildman–Crippen MR) is 148 cm³/mol. The number of thioether (sulfide) groups is 1. The Morgan fingerprint density at radius 3 is 2.45 bits per heavy atom. The van der Waals surface area contributed by atoms with E-state index < -0.39 is 5.97 Å². The number of para-hydroxylation sites is 2. The third-order valence-electron chi connectivity index (χ3n) is 5.37. The number of carbonyl (C=O) groups excluding carboxylic acids is 2. The van der Waals surface area contributed by atoms with Crippen molar-refractivity contribution in [2.75, 3.05) is 20.0 Å². The van der Waals surface area contributed by atoms with Crippen molar-refractivity contribution >= 4 is 52.5 Å². The fourth-order valence-electron chi connectivity index (χ4n) is 3.67. The molecular formula is C27H25ClN4O5S. The lowest BCUT2D eigenvalue weighted by Gasteiger charge is -2.13. The number of benzene rings is 3. The van der Waals surface area contributed by atoms with E-state index in [0.717, 1.165) is 16.6 Å². The van der Waals surface area contributed by atoms with Crippen molar-refractivity contribution in [1.82, 2.24) is 15.0 Å². The van der Waals surface area contributed by atoms with Crippen LogP contribution in [0.25, 0.3) is 11.0 Å². The summed E-state index contributed by atoms with van der Waals surface area (Å²) in [6.07, 6.45) is 1.44. The number of nitrogens with zero attached hydrogens (tertiary/aromatic N) is 3. The Morgan fingerprint density at radius 1 is 1.08 bits per heavy atom. The minimum Gasteiger partial charge on any atom is -0.493 e. The molecule has 1 amide bonds. The first-order valence-electron chi connectivity index (χ1n) is 11.5. The summed E-state index contributed by atoms with van der Waals surface area (Å²) in [6.45, 7) is 1.81. The second-order valence-corrected chi connectivity index (χ2v) is 9.34. The number of methoxy groups -OCH3 is 2. The second kappa shape index (κ2) is 12.5. The molecule has 0 saturated heterocycles. The normalized spacial score (nSPS) is 11.1. The van der Waals surface area contributed by atoms with Gasteiger partial charge < -0.3 is 18.8 Å². The molecule has 3 aromatic carbocycles. The molecule has 1 N–H and O–H groups in total. The van der Waals surface area contributed by atoms with Gasteiger partial charge in [0.25, 0.3) is 5.91 Å². The Morgan fingerprint density at radius 2 is 1.76 bits per heavy atom. The topological polar surface area (TPSA) is 104 Å². The van der Waals surface area contributed by atoms with Crippen LogP contribution in [-0.2, 0) is 16.1 Å². The van der Waals surface area contributed by atoms with E-state index in [9.17, 15) is 9.59 Å². The number of hydrogen-bond donors (Lipinski definition) is 1. The molecule has 0 fully saturated rings. The van der Waals surface area contributed by atoms with E-state index in [4.69, 9.17) is 30.8 Å². The van der Waals surface area contributed by atoms with Crippen LogP contribution in [0.5, 0.6) is 17.2 Å². The summed E-state index contributed by atoms with van der Waals surface area (Å²) in [7, 11) is 2.89. The number of fused-ring (bicyclic) bond motifs is 1. The SMILES string of the molecule is COc1cc(/C=N\NC(=O)CSc2nc3ccccc3n2Cc2ccccc2Cl)cc(OC)c1OC(C)=O. The van der Waals surface area contributed by atoms with E-state index >= 15 is 0 Å². The summed E-state index contributed by atoms with van der Waals surface area (Å²) in [5, 5.41) is 5.40. The third kappa shape index (κ3) is 6.45. The maximum atomic E-state index is 12.6. The molecule has 4 rings (SSSR count). The number of rotatable bonds is 10. The number of ether oxygens (including phenoxy) is 3. The highest BCUT2D eigenvalue weighted by molar-refractivity contribution is 7.99. The molecule has 0 aliphatic carbocycles. The zero-order valence-corrected chi connectivity index (χ0v) is 22.5. The Kier molecular flexibility index (Phi) is 8.88. The second-order valence-electron chi connectivity index (χ2n) is 7.99. The van der Waals surface area contributed by atoms with Crippen molar-refractivity contribution in [3.8, 4) is 17.2 Å². The van der Waals surface area contributed by atoms with Crippen molar-refractivity contribution < 1.29 is 23.8 Å². The van der Waals surface area contributed by atoms with Crippen molar-refractivity contribution in [3.05, 3.63) is 76.8 Å². The zero-order chi connectivity index (χ0) is 27.1. The number of amides is 1. The van der Waals surface area contributed by atoms with E-state index in [2.05, 4.69) is 10.5 Å². The minimum atomic E-state index is -0.506.